The molecule has 2 rings (SSSR count). The monoisotopic (exact) mass is 309 g/mol. The summed E-state index contributed by atoms with van der Waals surface area (Å²) in [5.41, 5.74) is 1.70. The highest BCUT2D eigenvalue weighted by Gasteiger charge is 2.31. The van der Waals surface area contributed by atoms with E-state index >= 15 is 0 Å². The molecule has 1 aliphatic rings. The normalized spacial score (nSPS) is 23.8. The van der Waals surface area contributed by atoms with Gasteiger partial charge in [0.2, 0.25) is 0 Å². The van der Waals surface area contributed by atoms with Gasteiger partial charge in [0.1, 0.15) is 0 Å². The van der Waals surface area contributed by atoms with E-state index in [-0.39, 0.29) is 5.54 Å². The fourth-order valence-electron chi connectivity index (χ4n) is 2.56. The second kappa shape index (κ2) is 5.75. The molecule has 1 N–H and O–H groups in total. The van der Waals surface area contributed by atoms with Crippen LogP contribution in [0.1, 0.15) is 39.2 Å². The third-order valence-corrected chi connectivity index (χ3v) is 4.68. The molecule has 18 heavy (non-hydrogen) atoms. The van der Waals surface area contributed by atoms with Crippen molar-refractivity contribution < 1.29 is 0 Å². The van der Waals surface area contributed by atoms with Gasteiger partial charge in [0.25, 0.3) is 0 Å². The van der Waals surface area contributed by atoms with E-state index in [1.165, 1.54) is 35.8 Å². The van der Waals surface area contributed by atoms with Crippen molar-refractivity contribution in [2.45, 2.75) is 45.6 Å². The van der Waals surface area contributed by atoms with Gasteiger partial charge in [-0.2, -0.15) is 0 Å². The number of hydrogen-bond donors (Lipinski definition) is 1. The molecule has 0 spiro atoms. The fraction of sp³-hybridized carbons (Fsp3) is 0.625. The lowest BCUT2D eigenvalue weighted by molar-refractivity contribution is 0.159. The van der Waals surface area contributed by atoms with Gasteiger partial charge in [-0.15, -0.1) is 0 Å². The minimum absolute atomic E-state index is 0.244. The van der Waals surface area contributed by atoms with Crippen molar-refractivity contribution in [3.05, 3.63) is 34.3 Å². The summed E-state index contributed by atoms with van der Waals surface area (Å²) in [6.07, 6.45) is 3.99. The van der Waals surface area contributed by atoms with Gasteiger partial charge in [-0.05, 0) is 70.0 Å². The number of benzene rings is 1. The molecule has 100 valence electrons. The number of hydrogen-bond acceptors (Lipinski definition) is 1. The molecule has 1 saturated carbocycles. The molecule has 0 heterocycles. The molecule has 0 aliphatic heterocycles. The largest absolute Gasteiger partial charge is 0.312 e. The summed E-state index contributed by atoms with van der Waals surface area (Å²) in [6, 6.07) is 8.63. The van der Waals surface area contributed by atoms with Gasteiger partial charge < -0.3 is 5.32 Å². The molecule has 1 aromatic rings. The quantitative estimate of drug-likeness (QED) is 0.869. The van der Waals surface area contributed by atoms with Gasteiger partial charge in [-0.25, -0.2) is 0 Å². The Balaban J connectivity index is 1.86. The third-order valence-electron chi connectivity index (χ3n) is 3.91. The molecule has 0 aromatic heterocycles. The zero-order valence-electron chi connectivity index (χ0n) is 11.7. The summed E-state index contributed by atoms with van der Waals surface area (Å²) in [4.78, 5) is 0. The van der Waals surface area contributed by atoms with Crippen LogP contribution in [0, 0.1) is 11.8 Å². The Morgan fingerprint density at radius 2 is 1.83 bits per heavy atom. The lowest BCUT2D eigenvalue weighted by atomic mass is 9.70. The predicted octanol–water partition coefficient (Wildman–Crippen LogP) is 4.41. The van der Waals surface area contributed by atoms with Gasteiger partial charge in [0, 0.05) is 10.0 Å². The Morgan fingerprint density at radius 1 is 1.17 bits per heavy atom. The predicted molar refractivity (Wildman–Crippen MR) is 81.8 cm³/mol. The summed E-state index contributed by atoms with van der Waals surface area (Å²) in [6.45, 7) is 7.90. The first-order chi connectivity index (χ1) is 8.46. The smallest absolute Gasteiger partial charge is 0.0207 e. The van der Waals surface area contributed by atoms with E-state index in [2.05, 4.69) is 66.3 Å². The van der Waals surface area contributed by atoms with Crippen LogP contribution in [0.15, 0.2) is 28.7 Å². The highest BCUT2D eigenvalue weighted by Crippen LogP contribution is 2.37. The topological polar surface area (TPSA) is 12.0 Å². The van der Waals surface area contributed by atoms with Crippen molar-refractivity contribution in [1.29, 1.82) is 0 Å². The van der Waals surface area contributed by atoms with Crippen LogP contribution in [0.5, 0.6) is 0 Å². The summed E-state index contributed by atoms with van der Waals surface area (Å²) in [5, 5.41) is 3.64. The van der Waals surface area contributed by atoms with Crippen molar-refractivity contribution in [3.63, 3.8) is 0 Å². The van der Waals surface area contributed by atoms with Crippen LogP contribution in [0.25, 0.3) is 0 Å². The minimum atomic E-state index is 0.244. The minimum Gasteiger partial charge on any atom is -0.312 e. The van der Waals surface area contributed by atoms with E-state index < -0.39 is 0 Å². The molecule has 2 atom stereocenters. The van der Waals surface area contributed by atoms with E-state index in [4.69, 9.17) is 0 Å². The van der Waals surface area contributed by atoms with Crippen LogP contribution in [-0.2, 0) is 6.42 Å². The molecule has 0 radical (unpaired) electrons. The lowest BCUT2D eigenvalue weighted by Gasteiger charge is -2.39. The average Bonchev–Trinajstić information content (AvgIpc) is 2.25. The van der Waals surface area contributed by atoms with Gasteiger partial charge in [0.15, 0.2) is 0 Å². The maximum atomic E-state index is 3.65. The lowest BCUT2D eigenvalue weighted by Crippen LogP contribution is -2.44. The van der Waals surface area contributed by atoms with Crippen LogP contribution in [-0.4, -0.2) is 12.1 Å². The van der Waals surface area contributed by atoms with Gasteiger partial charge in [-0.3, -0.25) is 0 Å². The van der Waals surface area contributed by atoms with Crippen molar-refractivity contribution in [2.24, 2.45) is 11.8 Å². The molecule has 1 aromatic carbocycles. The second-order valence-corrected chi connectivity index (χ2v) is 7.38. The standard InChI is InChI=1S/C16H24BrN/c1-16(2,3)18-11-14-9-8-12(14)10-13-6-4-5-7-15(13)17/h4-7,12,14,18H,8-11H2,1-3H3. The molecule has 2 heteroatoms. The van der Waals surface area contributed by atoms with Gasteiger partial charge in [-0.1, -0.05) is 34.1 Å². The van der Waals surface area contributed by atoms with Crippen LogP contribution >= 0.6 is 15.9 Å². The van der Waals surface area contributed by atoms with E-state index in [0.717, 1.165) is 11.8 Å². The summed E-state index contributed by atoms with van der Waals surface area (Å²) in [7, 11) is 0. The molecular formula is C16H24BrN. The average molecular weight is 310 g/mol. The Morgan fingerprint density at radius 3 is 2.39 bits per heavy atom. The van der Waals surface area contributed by atoms with Crippen molar-refractivity contribution in [2.75, 3.05) is 6.54 Å². The van der Waals surface area contributed by atoms with Gasteiger partial charge in [0.05, 0.1) is 0 Å². The molecule has 1 nitrogen and oxygen atoms in total. The second-order valence-electron chi connectivity index (χ2n) is 6.52. The van der Waals surface area contributed by atoms with Crippen LogP contribution in [0.4, 0.5) is 0 Å². The Bertz CT molecular complexity index is 394. The van der Waals surface area contributed by atoms with Crippen LogP contribution in [0.3, 0.4) is 0 Å². The summed E-state index contributed by atoms with van der Waals surface area (Å²) < 4.78 is 1.26. The maximum Gasteiger partial charge on any atom is 0.0207 e. The first-order valence-electron chi connectivity index (χ1n) is 6.94. The molecule has 0 saturated heterocycles. The van der Waals surface area contributed by atoms with Crippen molar-refractivity contribution in [3.8, 4) is 0 Å². The molecule has 0 bridgehead atoms. The molecular weight excluding hydrogens is 286 g/mol. The van der Waals surface area contributed by atoms with E-state index in [0.29, 0.717) is 0 Å². The Labute approximate surface area is 119 Å². The summed E-state index contributed by atoms with van der Waals surface area (Å²) >= 11 is 3.65. The molecule has 1 fully saturated rings. The Hall–Kier alpha value is -0.340. The molecule has 2 unspecified atom stereocenters. The maximum absolute atomic E-state index is 3.65. The highest BCUT2D eigenvalue weighted by molar-refractivity contribution is 9.10. The number of halogens is 1. The zero-order valence-corrected chi connectivity index (χ0v) is 13.3. The first kappa shape index (κ1) is 14.1. The summed E-state index contributed by atoms with van der Waals surface area (Å²) in [5.74, 6) is 1.72. The number of rotatable bonds is 4. The fourth-order valence-corrected chi connectivity index (χ4v) is 3.01. The van der Waals surface area contributed by atoms with E-state index in [1.807, 2.05) is 0 Å². The SMILES string of the molecule is CC(C)(C)NCC1CCC1Cc1ccccc1Br. The molecule has 1 aliphatic carbocycles. The highest BCUT2D eigenvalue weighted by atomic mass is 79.9. The van der Waals surface area contributed by atoms with Crippen LogP contribution in [0.2, 0.25) is 0 Å². The third kappa shape index (κ3) is 3.83. The van der Waals surface area contributed by atoms with Crippen LogP contribution < -0.4 is 5.32 Å². The van der Waals surface area contributed by atoms with E-state index in [1.54, 1.807) is 0 Å². The van der Waals surface area contributed by atoms with Crippen molar-refractivity contribution >= 4 is 15.9 Å². The molecule has 0 amide bonds. The van der Waals surface area contributed by atoms with E-state index in [9.17, 15) is 0 Å². The van der Waals surface area contributed by atoms with Crippen molar-refractivity contribution in [1.82, 2.24) is 5.32 Å². The Kier molecular flexibility index (Phi) is 4.50. The zero-order chi connectivity index (χ0) is 13.2. The first-order valence-corrected chi connectivity index (χ1v) is 7.73. The number of nitrogens with one attached hydrogen (secondary N) is 1. The van der Waals surface area contributed by atoms with Gasteiger partial charge >= 0.3 is 0 Å².